The normalized spacial score (nSPS) is 10.0. The third-order valence-corrected chi connectivity index (χ3v) is 4.27. The van der Waals surface area contributed by atoms with Crippen molar-refractivity contribution in [3.8, 4) is 0 Å². The van der Waals surface area contributed by atoms with Gasteiger partial charge >= 0.3 is 5.97 Å². The van der Waals surface area contributed by atoms with Crippen LogP contribution in [-0.4, -0.2) is 27.9 Å². The van der Waals surface area contributed by atoms with Crippen molar-refractivity contribution in [2.24, 2.45) is 5.73 Å². The molecule has 150 valence electrons. The first kappa shape index (κ1) is 22.0. The lowest BCUT2D eigenvalue weighted by atomic mass is 10.1. The molecular weight excluding hydrogens is 417 g/mol. The fourth-order valence-electron chi connectivity index (χ4n) is 2.48. The number of amides is 2. The maximum Gasteiger partial charge on any atom is 0.337 e. The standard InChI is InChI=1S/C11H12N2O2.C9H5Cl2NO2/c1-7(11(12)15)9-4-3-5-10(6-9)13-8(2)14;10-4-1-6(11)8-5(9(13)14)3-12-7(8)2-4/h3-6H,1H2,2H3,(H2,12,15)(H,13,14);1-3,12H,(H,13,14). The summed E-state index contributed by atoms with van der Waals surface area (Å²) in [6.45, 7) is 4.97. The van der Waals surface area contributed by atoms with Gasteiger partial charge in [-0.1, -0.05) is 41.9 Å². The van der Waals surface area contributed by atoms with E-state index in [-0.39, 0.29) is 17.0 Å². The van der Waals surface area contributed by atoms with Gasteiger partial charge in [0.15, 0.2) is 0 Å². The predicted molar refractivity (Wildman–Crippen MR) is 114 cm³/mol. The van der Waals surface area contributed by atoms with E-state index >= 15 is 0 Å². The molecule has 0 aliphatic carbocycles. The van der Waals surface area contributed by atoms with E-state index in [1.807, 2.05) is 0 Å². The van der Waals surface area contributed by atoms with Crippen LogP contribution in [0.5, 0.6) is 0 Å². The molecule has 7 nitrogen and oxygen atoms in total. The number of hydrogen-bond acceptors (Lipinski definition) is 3. The van der Waals surface area contributed by atoms with Gasteiger partial charge in [-0.25, -0.2) is 4.79 Å². The van der Waals surface area contributed by atoms with Crippen molar-refractivity contribution in [2.75, 3.05) is 5.32 Å². The molecule has 1 heterocycles. The average Bonchev–Trinajstić information content (AvgIpc) is 3.05. The van der Waals surface area contributed by atoms with Gasteiger partial charge in [0, 0.05) is 40.3 Å². The van der Waals surface area contributed by atoms with E-state index in [1.165, 1.54) is 19.2 Å². The molecule has 0 spiro atoms. The number of carboxylic acid groups (broad SMARTS) is 1. The summed E-state index contributed by atoms with van der Waals surface area (Å²) >= 11 is 11.6. The zero-order valence-corrected chi connectivity index (χ0v) is 16.8. The van der Waals surface area contributed by atoms with Crippen LogP contribution >= 0.6 is 23.2 Å². The molecule has 3 aromatic rings. The van der Waals surface area contributed by atoms with Gasteiger partial charge in [0.2, 0.25) is 11.8 Å². The Morgan fingerprint density at radius 3 is 2.45 bits per heavy atom. The number of nitrogens with one attached hydrogen (secondary N) is 2. The number of aromatic carboxylic acids is 1. The highest BCUT2D eigenvalue weighted by Crippen LogP contribution is 2.30. The largest absolute Gasteiger partial charge is 0.478 e. The van der Waals surface area contributed by atoms with Crippen LogP contribution in [0.3, 0.4) is 0 Å². The van der Waals surface area contributed by atoms with Gasteiger partial charge in [-0.05, 0) is 29.8 Å². The van der Waals surface area contributed by atoms with Crippen LogP contribution in [-0.2, 0) is 9.59 Å². The molecule has 9 heteroatoms. The molecule has 0 fully saturated rings. The van der Waals surface area contributed by atoms with Gasteiger partial charge in [-0.2, -0.15) is 0 Å². The van der Waals surface area contributed by atoms with E-state index in [2.05, 4.69) is 16.9 Å². The van der Waals surface area contributed by atoms with Crippen molar-refractivity contribution in [3.63, 3.8) is 0 Å². The smallest absolute Gasteiger partial charge is 0.337 e. The number of anilines is 1. The Kier molecular flexibility index (Phi) is 7.03. The Bertz CT molecular complexity index is 1120. The minimum absolute atomic E-state index is 0.154. The fourth-order valence-corrected chi connectivity index (χ4v) is 3.08. The highest BCUT2D eigenvalue weighted by Gasteiger charge is 2.13. The van der Waals surface area contributed by atoms with E-state index in [9.17, 15) is 14.4 Å². The number of carboxylic acids is 1. The molecule has 3 rings (SSSR count). The van der Waals surface area contributed by atoms with Crippen molar-refractivity contribution in [1.82, 2.24) is 4.98 Å². The third-order valence-electron chi connectivity index (χ3n) is 3.76. The number of primary amides is 1. The van der Waals surface area contributed by atoms with E-state index in [1.54, 1.807) is 30.3 Å². The molecule has 0 atom stereocenters. The minimum Gasteiger partial charge on any atom is -0.478 e. The van der Waals surface area contributed by atoms with Crippen molar-refractivity contribution in [3.05, 3.63) is 70.3 Å². The quantitative estimate of drug-likeness (QED) is 0.457. The molecule has 0 saturated heterocycles. The molecule has 0 radical (unpaired) electrons. The number of H-pyrrole nitrogens is 1. The van der Waals surface area contributed by atoms with Crippen molar-refractivity contribution >= 4 is 63.1 Å². The van der Waals surface area contributed by atoms with Gasteiger partial charge in [-0.15, -0.1) is 0 Å². The molecule has 2 amide bonds. The van der Waals surface area contributed by atoms with Crippen LogP contribution in [0, 0.1) is 0 Å². The van der Waals surface area contributed by atoms with Crippen molar-refractivity contribution in [2.45, 2.75) is 6.92 Å². The van der Waals surface area contributed by atoms with Gasteiger partial charge in [0.1, 0.15) is 0 Å². The van der Waals surface area contributed by atoms with Crippen molar-refractivity contribution in [1.29, 1.82) is 0 Å². The van der Waals surface area contributed by atoms with E-state index < -0.39 is 11.9 Å². The monoisotopic (exact) mass is 433 g/mol. The second kappa shape index (κ2) is 9.27. The summed E-state index contributed by atoms with van der Waals surface area (Å²) in [5.41, 5.74) is 7.32. The number of fused-ring (bicyclic) bond motifs is 1. The number of aromatic nitrogens is 1. The first-order valence-corrected chi connectivity index (χ1v) is 8.92. The second-order valence-corrected chi connectivity index (χ2v) is 6.77. The summed E-state index contributed by atoms with van der Waals surface area (Å²) in [6, 6.07) is 9.95. The van der Waals surface area contributed by atoms with Gasteiger partial charge in [0.05, 0.1) is 10.6 Å². The van der Waals surface area contributed by atoms with Gasteiger partial charge in [0.25, 0.3) is 0 Å². The summed E-state index contributed by atoms with van der Waals surface area (Å²) < 4.78 is 0. The summed E-state index contributed by atoms with van der Waals surface area (Å²) in [4.78, 5) is 35.3. The molecule has 0 aliphatic heterocycles. The maximum absolute atomic E-state index is 10.9. The molecule has 0 bridgehead atoms. The molecule has 0 unspecified atom stereocenters. The zero-order chi connectivity index (χ0) is 21.7. The number of halogens is 2. The Morgan fingerprint density at radius 1 is 1.17 bits per heavy atom. The fraction of sp³-hybridized carbons (Fsp3) is 0.0500. The van der Waals surface area contributed by atoms with Crippen LogP contribution in [0.1, 0.15) is 22.8 Å². The first-order valence-electron chi connectivity index (χ1n) is 8.16. The summed E-state index contributed by atoms with van der Waals surface area (Å²) in [5, 5.41) is 12.8. The minimum atomic E-state index is -1.01. The van der Waals surface area contributed by atoms with Crippen molar-refractivity contribution < 1.29 is 19.5 Å². The first-order chi connectivity index (χ1) is 13.6. The van der Waals surface area contributed by atoms with Crippen LogP contribution in [0.25, 0.3) is 16.5 Å². The molecule has 1 aromatic heterocycles. The number of carbonyl (C=O) groups is 3. The van der Waals surface area contributed by atoms with E-state index in [4.69, 9.17) is 34.0 Å². The SMILES string of the molecule is C=C(C(N)=O)c1cccc(NC(C)=O)c1.O=C(O)c1c[nH]c2cc(Cl)cc(Cl)c12. The molecular formula is C20H17Cl2N3O4. The number of benzene rings is 2. The van der Waals surface area contributed by atoms with Gasteiger partial charge < -0.3 is 21.1 Å². The molecule has 29 heavy (non-hydrogen) atoms. The van der Waals surface area contributed by atoms with Crippen LogP contribution in [0.4, 0.5) is 5.69 Å². The lowest BCUT2D eigenvalue weighted by Crippen LogP contribution is -2.12. The summed E-state index contributed by atoms with van der Waals surface area (Å²) in [5.74, 6) is -1.76. The Hall–Kier alpha value is -3.29. The number of carbonyl (C=O) groups excluding carboxylic acids is 2. The summed E-state index contributed by atoms with van der Waals surface area (Å²) in [6.07, 6.45) is 1.40. The Labute approximate surface area is 176 Å². The maximum atomic E-state index is 10.9. The second-order valence-electron chi connectivity index (χ2n) is 5.92. The highest BCUT2D eigenvalue weighted by molar-refractivity contribution is 6.39. The van der Waals surface area contributed by atoms with Crippen LogP contribution < -0.4 is 11.1 Å². The van der Waals surface area contributed by atoms with Gasteiger partial charge in [-0.3, -0.25) is 9.59 Å². The topological polar surface area (TPSA) is 125 Å². The number of aromatic amines is 1. The lowest BCUT2D eigenvalue weighted by Gasteiger charge is -2.05. The molecule has 2 aromatic carbocycles. The van der Waals surface area contributed by atoms with Crippen LogP contribution in [0.2, 0.25) is 10.0 Å². The molecule has 0 aliphatic rings. The zero-order valence-electron chi connectivity index (χ0n) is 15.3. The predicted octanol–water partition coefficient (Wildman–Crippen LogP) is 4.32. The van der Waals surface area contributed by atoms with E-state index in [0.717, 1.165) is 0 Å². The lowest BCUT2D eigenvalue weighted by molar-refractivity contribution is -0.114. The number of nitrogens with two attached hydrogens (primary N) is 1. The molecule has 5 N–H and O–H groups in total. The highest BCUT2D eigenvalue weighted by atomic mass is 35.5. The number of hydrogen-bond donors (Lipinski definition) is 4. The molecule has 0 saturated carbocycles. The Balaban J connectivity index is 0.000000207. The van der Waals surface area contributed by atoms with Crippen LogP contribution in [0.15, 0.2) is 49.2 Å². The summed E-state index contributed by atoms with van der Waals surface area (Å²) in [7, 11) is 0. The number of rotatable bonds is 4. The third kappa shape index (κ3) is 5.60. The average molecular weight is 434 g/mol. The van der Waals surface area contributed by atoms with E-state index in [0.29, 0.717) is 32.2 Å². The Morgan fingerprint density at radius 2 is 1.86 bits per heavy atom.